The van der Waals surface area contributed by atoms with Gasteiger partial charge in [0, 0.05) is 18.2 Å². The Morgan fingerprint density at radius 3 is 3.25 bits per heavy atom. The molecule has 24 heavy (non-hydrogen) atoms. The molecule has 2 aromatic heterocycles. The third-order valence-electron chi connectivity index (χ3n) is 4.24. The fourth-order valence-corrected chi connectivity index (χ4v) is 3.02. The number of nitrogens with zero attached hydrogens (tertiary/aromatic N) is 3. The molecule has 4 rings (SSSR count). The molecule has 124 valence electrons. The first-order valence-corrected chi connectivity index (χ1v) is 8.09. The summed E-state index contributed by atoms with van der Waals surface area (Å²) in [4.78, 5) is 12.5. The van der Waals surface area contributed by atoms with E-state index in [1.165, 1.54) is 0 Å². The van der Waals surface area contributed by atoms with Crippen molar-refractivity contribution in [3.8, 4) is 0 Å². The van der Waals surface area contributed by atoms with Gasteiger partial charge in [0.1, 0.15) is 0 Å². The molecule has 1 saturated heterocycles. The summed E-state index contributed by atoms with van der Waals surface area (Å²) in [6.07, 6.45) is 5.83. The standard InChI is InChI=1S/C17H19N5O2/c1-11-4-5-15-14(7-11)16(21-20-15)17(23)19-12-8-18-22(9-12)10-13-3-2-6-24-13/h4-5,7-9,13H,2-3,6,10H2,1H3,(H,19,23)(H,20,21). The molecule has 7 nitrogen and oxygen atoms in total. The van der Waals surface area contributed by atoms with Crippen molar-refractivity contribution < 1.29 is 9.53 Å². The number of aryl methyl sites for hydroxylation is 1. The van der Waals surface area contributed by atoms with Crippen LogP contribution in [0.1, 0.15) is 28.9 Å². The van der Waals surface area contributed by atoms with Gasteiger partial charge >= 0.3 is 0 Å². The highest BCUT2D eigenvalue weighted by atomic mass is 16.5. The van der Waals surface area contributed by atoms with Crippen LogP contribution in [0.5, 0.6) is 0 Å². The summed E-state index contributed by atoms with van der Waals surface area (Å²) in [5.41, 5.74) is 2.98. The number of anilines is 1. The summed E-state index contributed by atoms with van der Waals surface area (Å²) in [5.74, 6) is -0.247. The van der Waals surface area contributed by atoms with Gasteiger partial charge in [-0.25, -0.2) is 0 Å². The lowest BCUT2D eigenvalue weighted by molar-refractivity contribution is 0.0940. The molecule has 1 atom stereocenters. The largest absolute Gasteiger partial charge is 0.376 e. The molecule has 0 bridgehead atoms. The van der Waals surface area contributed by atoms with E-state index >= 15 is 0 Å². The van der Waals surface area contributed by atoms with Crippen molar-refractivity contribution in [3.05, 3.63) is 41.9 Å². The Balaban J connectivity index is 1.49. The molecule has 1 aliphatic heterocycles. The van der Waals surface area contributed by atoms with Crippen LogP contribution in [0.4, 0.5) is 5.69 Å². The summed E-state index contributed by atoms with van der Waals surface area (Å²) >= 11 is 0. The smallest absolute Gasteiger partial charge is 0.276 e. The van der Waals surface area contributed by atoms with Crippen LogP contribution in [0.25, 0.3) is 10.9 Å². The van der Waals surface area contributed by atoms with Crippen LogP contribution in [0, 0.1) is 6.92 Å². The number of hydrogen-bond donors (Lipinski definition) is 2. The Morgan fingerprint density at radius 1 is 1.50 bits per heavy atom. The molecular formula is C17H19N5O2. The maximum absolute atomic E-state index is 12.5. The monoisotopic (exact) mass is 325 g/mol. The van der Waals surface area contributed by atoms with Gasteiger partial charge in [0.15, 0.2) is 5.69 Å². The second-order valence-electron chi connectivity index (χ2n) is 6.16. The minimum Gasteiger partial charge on any atom is -0.376 e. The van der Waals surface area contributed by atoms with E-state index in [-0.39, 0.29) is 12.0 Å². The molecule has 1 unspecified atom stereocenters. The number of nitrogens with one attached hydrogen (secondary N) is 2. The molecule has 1 aliphatic rings. The van der Waals surface area contributed by atoms with Crippen molar-refractivity contribution in [1.29, 1.82) is 0 Å². The lowest BCUT2D eigenvalue weighted by Crippen LogP contribution is -2.15. The fraction of sp³-hybridized carbons (Fsp3) is 0.353. The predicted octanol–water partition coefficient (Wildman–Crippen LogP) is 2.50. The number of carbonyl (C=O) groups excluding carboxylic acids is 1. The SMILES string of the molecule is Cc1ccc2[nH]nc(C(=O)Nc3cnn(CC4CCCO4)c3)c2c1. The van der Waals surface area contributed by atoms with Crippen LogP contribution < -0.4 is 5.32 Å². The van der Waals surface area contributed by atoms with Crippen molar-refractivity contribution in [2.45, 2.75) is 32.4 Å². The number of H-pyrrole nitrogens is 1. The Kier molecular flexibility index (Phi) is 3.78. The average Bonchev–Trinajstić information content (AvgIpc) is 3.28. The van der Waals surface area contributed by atoms with Crippen LogP contribution in [0.2, 0.25) is 0 Å². The Morgan fingerprint density at radius 2 is 2.42 bits per heavy atom. The maximum atomic E-state index is 12.5. The lowest BCUT2D eigenvalue weighted by Gasteiger charge is -2.08. The number of fused-ring (bicyclic) bond motifs is 1. The van der Waals surface area contributed by atoms with Crippen LogP contribution in [-0.4, -0.2) is 38.6 Å². The van der Waals surface area contributed by atoms with E-state index in [4.69, 9.17) is 4.74 Å². The molecule has 2 N–H and O–H groups in total. The minimum atomic E-state index is -0.247. The number of amides is 1. The van der Waals surface area contributed by atoms with Gasteiger partial charge in [-0.2, -0.15) is 10.2 Å². The highest BCUT2D eigenvalue weighted by Crippen LogP contribution is 2.19. The quantitative estimate of drug-likeness (QED) is 0.772. The fourth-order valence-electron chi connectivity index (χ4n) is 3.02. The molecule has 0 aliphatic carbocycles. The van der Waals surface area contributed by atoms with Gasteiger partial charge in [0.05, 0.1) is 30.0 Å². The number of benzene rings is 1. The number of hydrogen-bond acceptors (Lipinski definition) is 4. The van der Waals surface area contributed by atoms with Gasteiger partial charge in [-0.15, -0.1) is 0 Å². The highest BCUT2D eigenvalue weighted by Gasteiger charge is 2.18. The normalized spacial score (nSPS) is 17.5. The van der Waals surface area contributed by atoms with Crippen LogP contribution in [0.15, 0.2) is 30.6 Å². The summed E-state index contributed by atoms with van der Waals surface area (Å²) in [5, 5.41) is 15.0. The molecule has 1 fully saturated rings. The first kappa shape index (κ1) is 14.9. The van der Waals surface area contributed by atoms with E-state index < -0.39 is 0 Å². The van der Waals surface area contributed by atoms with E-state index in [1.807, 2.05) is 31.3 Å². The molecule has 3 aromatic rings. The van der Waals surface area contributed by atoms with E-state index in [0.717, 1.165) is 35.9 Å². The van der Waals surface area contributed by atoms with Crippen molar-refractivity contribution in [2.75, 3.05) is 11.9 Å². The molecular weight excluding hydrogens is 306 g/mol. The minimum absolute atomic E-state index is 0.215. The second kappa shape index (κ2) is 6.09. The zero-order chi connectivity index (χ0) is 16.5. The Hall–Kier alpha value is -2.67. The number of rotatable bonds is 4. The van der Waals surface area contributed by atoms with Crippen LogP contribution in [0.3, 0.4) is 0 Å². The average molecular weight is 325 g/mol. The van der Waals surface area contributed by atoms with E-state index in [1.54, 1.807) is 10.9 Å². The first-order chi connectivity index (χ1) is 11.7. The zero-order valence-corrected chi connectivity index (χ0v) is 13.5. The van der Waals surface area contributed by atoms with E-state index in [9.17, 15) is 4.79 Å². The van der Waals surface area contributed by atoms with E-state index in [0.29, 0.717) is 17.9 Å². The van der Waals surface area contributed by atoms with Gasteiger partial charge < -0.3 is 10.1 Å². The maximum Gasteiger partial charge on any atom is 0.276 e. The highest BCUT2D eigenvalue weighted by molar-refractivity contribution is 6.11. The summed E-state index contributed by atoms with van der Waals surface area (Å²) in [6.45, 7) is 3.52. The van der Waals surface area contributed by atoms with Gasteiger partial charge in [-0.1, -0.05) is 11.6 Å². The van der Waals surface area contributed by atoms with Crippen LogP contribution >= 0.6 is 0 Å². The lowest BCUT2D eigenvalue weighted by atomic mass is 10.1. The molecule has 0 spiro atoms. The summed E-state index contributed by atoms with van der Waals surface area (Å²) in [7, 11) is 0. The van der Waals surface area contributed by atoms with Gasteiger partial charge in [0.2, 0.25) is 0 Å². The number of aromatic amines is 1. The van der Waals surface area contributed by atoms with Gasteiger partial charge in [0.25, 0.3) is 5.91 Å². The van der Waals surface area contributed by atoms with Gasteiger partial charge in [-0.3, -0.25) is 14.6 Å². The predicted molar refractivity (Wildman–Crippen MR) is 90.0 cm³/mol. The third-order valence-corrected chi connectivity index (χ3v) is 4.24. The molecule has 3 heterocycles. The van der Waals surface area contributed by atoms with Crippen molar-refractivity contribution >= 4 is 22.5 Å². The van der Waals surface area contributed by atoms with Crippen LogP contribution in [-0.2, 0) is 11.3 Å². The molecule has 7 heteroatoms. The third kappa shape index (κ3) is 2.90. The molecule has 1 amide bonds. The summed E-state index contributed by atoms with van der Waals surface area (Å²) < 4.78 is 7.41. The van der Waals surface area contributed by atoms with Crippen molar-refractivity contribution in [3.63, 3.8) is 0 Å². The molecule has 1 aromatic carbocycles. The molecule has 0 radical (unpaired) electrons. The topological polar surface area (TPSA) is 84.8 Å². The van der Waals surface area contributed by atoms with E-state index in [2.05, 4.69) is 20.6 Å². The van der Waals surface area contributed by atoms with Crippen molar-refractivity contribution in [2.24, 2.45) is 0 Å². The zero-order valence-electron chi connectivity index (χ0n) is 13.5. The number of carbonyl (C=O) groups is 1. The summed E-state index contributed by atoms with van der Waals surface area (Å²) in [6, 6.07) is 5.86. The number of aromatic nitrogens is 4. The van der Waals surface area contributed by atoms with Crippen molar-refractivity contribution in [1.82, 2.24) is 20.0 Å². The first-order valence-electron chi connectivity index (χ1n) is 8.09. The Bertz CT molecular complexity index is 876. The number of ether oxygens (including phenoxy) is 1. The van der Waals surface area contributed by atoms with Gasteiger partial charge in [-0.05, 0) is 31.9 Å². The Labute approximate surface area is 139 Å². The molecule has 0 saturated carbocycles. The second-order valence-corrected chi connectivity index (χ2v) is 6.16.